The molecule has 1 heterocycles. The maximum Gasteiger partial charge on any atom is 0.236 e. The number of terminal acetylenes is 1. The Morgan fingerprint density at radius 1 is 1.53 bits per heavy atom. The van der Waals surface area contributed by atoms with Gasteiger partial charge >= 0.3 is 0 Å². The number of carbonyl (C=O) groups is 1. The second-order valence-corrected chi connectivity index (χ2v) is 3.82. The highest BCUT2D eigenvalue weighted by atomic mass is 16.2. The Balaban J connectivity index is 2.24. The van der Waals surface area contributed by atoms with Gasteiger partial charge in [-0.25, -0.2) is 0 Å². The van der Waals surface area contributed by atoms with Crippen molar-refractivity contribution in [2.45, 2.75) is 6.42 Å². The van der Waals surface area contributed by atoms with E-state index in [9.17, 15) is 4.79 Å². The molecule has 0 aliphatic carbocycles. The summed E-state index contributed by atoms with van der Waals surface area (Å²) in [6, 6.07) is 0. The minimum Gasteiger partial charge on any atom is -0.339 e. The number of nitrogens with zero attached hydrogens (tertiary/aromatic N) is 2. The summed E-state index contributed by atoms with van der Waals surface area (Å²) in [5, 5.41) is 3.22. The average molecular weight is 209 g/mol. The van der Waals surface area contributed by atoms with Crippen LogP contribution >= 0.6 is 0 Å². The molecule has 0 unspecified atom stereocenters. The summed E-state index contributed by atoms with van der Waals surface area (Å²) in [7, 11) is 1.93. The number of amides is 1. The number of rotatable bonds is 4. The predicted octanol–water partition coefficient (Wildman–Crippen LogP) is -0.627. The molecular weight excluding hydrogens is 190 g/mol. The van der Waals surface area contributed by atoms with Crippen LogP contribution in [0.1, 0.15) is 6.42 Å². The van der Waals surface area contributed by atoms with Crippen LogP contribution in [0.4, 0.5) is 0 Å². The van der Waals surface area contributed by atoms with E-state index in [0.29, 0.717) is 13.0 Å². The average Bonchev–Trinajstić information content (AvgIpc) is 2.27. The van der Waals surface area contributed by atoms with E-state index in [-0.39, 0.29) is 5.91 Å². The molecule has 0 aromatic carbocycles. The van der Waals surface area contributed by atoms with Gasteiger partial charge in [0.25, 0.3) is 0 Å². The maximum absolute atomic E-state index is 11.8. The Morgan fingerprint density at radius 3 is 2.80 bits per heavy atom. The zero-order chi connectivity index (χ0) is 11.1. The van der Waals surface area contributed by atoms with Crippen LogP contribution in [0, 0.1) is 12.3 Å². The van der Waals surface area contributed by atoms with Gasteiger partial charge in [0.1, 0.15) is 0 Å². The van der Waals surface area contributed by atoms with E-state index < -0.39 is 0 Å². The highest BCUT2D eigenvalue weighted by Gasteiger charge is 2.16. The molecule has 1 fully saturated rings. The van der Waals surface area contributed by atoms with Gasteiger partial charge in [-0.1, -0.05) is 0 Å². The van der Waals surface area contributed by atoms with E-state index in [0.717, 1.165) is 32.7 Å². The Bertz CT molecular complexity index is 241. The Kier molecular flexibility index (Phi) is 5.16. The third-order valence-electron chi connectivity index (χ3n) is 2.51. The summed E-state index contributed by atoms with van der Waals surface area (Å²) in [5.41, 5.74) is 0. The molecule has 0 radical (unpaired) electrons. The first kappa shape index (κ1) is 12.0. The lowest BCUT2D eigenvalue weighted by Crippen LogP contribution is -2.49. The Morgan fingerprint density at radius 2 is 2.20 bits per heavy atom. The van der Waals surface area contributed by atoms with Gasteiger partial charge in [0.15, 0.2) is 0 Å². The van der Waals surface area contributed by atoms with Crippen LogP contribution in [0.25, 0.3) is 0 Å². The van der Waals surface area contributed by atoms with Crippen molar-refractivity contribution in [2.24, 2.45) is 0 Å². The fraction of sp³-hybridized carbons (Fsp3) is 0.727. The van der Waals surface area contributed by atoms with Gasteiger partial charge in [0.2, 0.25) is 5.91 Å². The molecule has 4 heteroatoms. The van der Waals surface area contributed by atoms with E-state index >= 15 is 0 Å². The minimum absolute atomic E-state index is 0.205. The van der Waals surface area contributed by atoms with Gasteiger partial charge in [0.05, 0.1) is 6.54 Å². The van der Waals surface area contributed by atoms with Crippen LogP contribution in [0.2, 0.25) is 0 Å². The largest absolute Gasteiger partial charge is 0.339 e. The number of carbonyl (C=O) groups excluding carboxylic acids is 1. The number of piperazine rings is 1. The molecule has 0 bridgehead atoms. The second kappa shape index (κ2) is 6.44. The second-order valence-electron chi connectivity index (χ2n) is 3.82. The third kappa shape index (κ3) is 4.32. The van der Waals surface area contributed by atoms with E-state index in [2.05, 4.69) is 11.2 Å². The summed E-state index contributed by atoms with van der Waals surface area (Å²) < 4.78 is 0. The highest BCUT2D eigenvalue weighted by Crippen LogP contribution is 1.95. The van der Waals surface area contributed by atoms with E-state index in [1.165, 1.54) is 0 Å². The number of likely N-dealkylation sites (N-methyl/N-ethyl adjacent to an activating group) is 1. The van der Waals surface area contributed by atoms with Crippen molar-refractivity contribution in [2.75, 3.05) is 46.3 Å². The van der Waals surface area contributed by atoms with Crippen LogP contribution in [0.5, 0.6) is 0 Å². The summed E-state index contributed by atoms with van der Waals surface area (Å²) in [6.07, 6.45) is 5.87. The first-order chi connectivity index (χ1) is 7.24. The number of hydrogen-bond donors (Lipinski definition) is 1. The van der Waals surface area contributed by atoms with Crippen LogP contribution in [-0.2, 0) is 4.79 Å². The monoisotopic (exact) mass is 209 g/mol. The topological polar surface area (TPSA) is 35.6 Å². The van der Waals surface area contributed by atoms with Crippen LogP contribution in [0.3, 0.4) is 0 Å². The molecule has 0 aromatic rings. The molecule has 1 rings (SSSR count). The van der Waals surface area contributed by atoms with E-state index in [1.54, 1.807) is 0 Å². The van der Waals surface area contributed by atoms with Gasteiger partial charge in [-0.2, -0.15) is 0 Å². The Labute approximate surface area is 91.6 Å². The van der Waals surface area contributed by atoms with E-state index in [4.69, 9.17) is 6.42 Å². The fourth-order valence-corrected chi connectivity index (χ4v) is 1.58. The molecule has 4 nitrogen and oxygen atoms in total. The third-order valence-corrected chi connectivity index (χ3v) is 2.51. The first-order valence-corrected chi connectivity index (χ1v) is 5.34. The molecule has 1 N–H and O–H groups in total. The van der Waals surface area contributed by atoms with Gasteiger partial charge in [-0.15, -0.1) is 12.3 Å². The molecule has 0 spiro atoms. The standard InChI is InChI=1S/C11H19N3O/c1-3-4-7-13(2)10-11(15)14-8-5-12-6-9-14/h1,12H,4-10H2,2H3. The van der Waals surface area contributed by atoms with Crippen molar-refractivity contribution in [3.63, 3.8) is 0 Å². The zero-order valence-corrected chi connectivity index (χ0v) is 9.33. The molecular formula is C11H19N3O. The molecule has 0 saturated carbocycles. The molecule has 1 amide bonds. The lowest BCUT2D eigenvalue weighted by atomic mass is 10.3. The lowest BCUT2D eigenvalue weighted by Gasteiger charge is -2.29. The number of hydrogen-bond acceptors (Lipinski definition) is 3. The van der Waals surface area contributed by atoms with Gasteiger partial charge in [0, 0.05) is 39.1 Å². The van der Waals surface area contributed by atoms with Crippen molar-refractivity contribution in [3.8, 4) is 12.3 Å². The normalized spacial score (nSPS) is 16.5. The highest BCUT2D eigenvalue weighted by molar-refractivity contribution is 5.78. The summed E-state index contributed by atoms with van der Waals surface area (Å²) in [5.74, 6) is 2.78. The van der Waals surface area contributed by atoms with Crippen LogP contribution in [0.15, 0.2) is 0 Å². The Hall–Kier alpha value is -1.05. The number of nitrogens with one attached hydrogen (secondary N) is 1. The molecule has 1 saturated heterocycles. The lowest BCUT2D eigenvalue weighted by molar-refractivity contribution is -0.132. The van der Waals surface area contributed by atoms with Crippen molar-refractivity contribution in [1.29, 1.82) is 0 Å². The van der Waals surface area contributed by atoms with Crippen molar-refractivity contribution in [1.82, 2.24) is 15.1 Å². The summed E-state index contributed by atoms with van der Waals surface area (Å²) in [4.78, 5) is 15.7. The van der Waals surface area contributed by atoms with Gasteiger partial charge < -0.3 is 10.2 Å². The zero-order valence-electron chi connectivity index (χ0n) is 9.33. The molecule has 0 atom stereocenters. The van der Waals surface area contributed by atoms with E-state index in [1.807, 2.05) is 16.8 Å². The minimum atomic E-state index is 0.205. The van der Waals surface area contributed by atoms with Crippen LogP contribution < -0.4 is 5.32 Å². The molecule has 0 aromatic heterocycles. The summed E-state index contributed by atoms with van der Waals surface area (Å²) in [6.45, 7) is 4.71. The fourth-order valence-electron chi connectivity index (χ4n) is 1.58. The SMILES string of the molecule is C#CCCN(C)CC(=O)N1CCNCC1. The first-order valence-electron chi connectivity index (χ1n) is 5.34. The van der Waals surface area contributed by atoms with Gasteiger partial charge in [-0.05, 0) is 7.05 Å². The quantitative estimate of drug-likeness (QED) is 0.626. The molecule has 84 valence electrons. The smallest absolute Gasteiger partial charge is 0.236 e. The van der Waals surface area contributed by atoms with Gasteiger partial charge in [-0.3, -0.25) is 9.69 Å². The molecule has 1 aliphatic heterocycles. The van der Waals surface area contributed by atoms with Crippen LogP contribution in [-0.4, -0.2) is 62.0 Å². The maximum atomic E-state index is 11.8. The molecule has 1 aliphatic rings. The van der Waals surface area contributed by atoms with Crippen molar-refractivity contribution in [3.05, 3.63) is 0 Å². The summed E-state index contributed by atoms with van der Waals surface area (Å²) >= 11 is 0. The van der Waals surface area contributed by atoms with Crippen molar-refractivity contribution < 1.29 is 4.79 Å². The van der Waals surface area contributed by atoms with Crippen molar-refractivity contribution >= 4 is 5.91 Å². The predicted molar refractivity (Wildman–Crippen MR) is 60.4 cm³/mol. The molecule has 15 heavy (non-hydrogen) atoms.